The van der Waals surface area contributed by atoms with E-state index in [1.54, 1.807) is 6.92 Å². The lowest BCUT2D eigenvalue weighted by Crippen LogP contribution is -2.17. The highest BCUT2D eigenvalue weighted by Gasteiger charge is 1.98. The Morgan fingerprint density at radius 2 is 1.93 bits per heavy atom. The van der Waals surface area contributed by atoms with Gasteiger partial charge in [-0.2, -0.15) is 0 Å². The van der Waals surface area contributed by atoms with Crippen LogP contribution in [0.15, 0.2) is 0 Å². The van der Waals surface area contributed by atoms with Gasteiger partial charge < -0.3 is 4.74 Å². The summed E-state index contributed by atoms with van der Waals surface area (Å²) >= 11 is 1.43. The summed E-state index contributed by atoms with van der Waals surface area (Å²) in [7, 11) is 0. The summed E-state index contributed by atoms with van der Waals surface area (Å²) in [6, 6.07) is 0. The van der Waals surface area contributed by atoms with Crippen LogP contribution in [0.3, 0.4) is 0 Å². The van der Waals surface area contributed by atoms with E-state index in [0.29, 0.717) is 6.61 Å². The molecular formula is C10H21NO2S. The number of carbonyl (C=O) groups is 1. The van der Waals surface area contributed by atoms with Gasteiger partial charge in [-0.05, 0) is 25.3 Å². The number of hydrogen-bond acceptors (Lipinski definition) is 3. The fourth-order valence-electron chi connectivity index (χ4n) is 1.05. The van der Waals surface area contributed by atoms with E-state index >= 15 is 0 Å². The molecule has 0 unspecified atom stereocenters. The molecule has 3 nitrogen and oxygen atoms in total. The first-order chi connectivity index (χ1) is 6.81. The predicted molar refractivity (Wildman–Crippen MR) is 61.4 cm³/mol. The average Bonchev–Trinajstić information content (AvgIpc) is 2.17. The van der Waals surface area contributed by atoms with E-state index in [1.165, 1.54) is 37.6 Å². The zero-order valence-electron chi connectivity index (χ0n) is 9.17. The Labute approximate surface area is 91.1 Å². The topological polar surface area (TPSA) is 38.3 Å². The Morgan fingerprint density at radius 1 is 1.21 bits per heavy atom. The number of amides is 1. The van der Waals surface area contributed by atoms with Crippen molar-refractivity contribution in [3.63, 3.8) is 0 Å². The van der Waals surface area contributed by atoms with Gasteiger partial charge in [-0.15, -0.1) is 0 Å². The molecule has 0 aliphatic heterocycles. The minimum atomic E-state index is -0.328. The maximum Gasteiger partial charge on any atom is 0.417 e. The van der Waals surface area contributed by atoms with Crippen LogP contribution in [0.1, 0.15) is 46.0 Å². The quantitative estimate of drug-likeness (QED) is 0.502. The average molecular weight is 219 g/mol. The summed E-state index contributed by atoms with van der Waals surface area (Å²) in [5.41, 5.74) is 0. The van der Waals surface area contributed by atoms with E-state index in [-0.39, 0.29) is 6.09 Å². The minimum absolute atomic E-state index is 0.328. The van der Waals surface area contributed by atoms with Crippen molar-refractivity contribution >= 4 is 18.0 Å². The second-order valence-electron chi connectivity index (χ2n) is 3.09. The number of unbranched alkanes of at least 4 members (excludes halogenated alkanes) is 4. The van der Waals surface area contributed by atoms with Gasteiger partial charge in [0, 0.05) is 5.75 Å². The van der Waals surface area contributed by atoms with Crippen LogP contribution in [-0.2, 0) is 4.74 Å². The summed E-state index contributed by atoms with van der Waals surface area (Å²) in [6.07, 6.45) is 5.98. The first-order valence-corrected chi connectivity index (χ1v) is 6.34. The molecule has 4 heteroatoms. The SMILES string of the molecule is CCCCCCCSNC(=O)OCC. The molecule has 84 valence electrons. The monoisotopic (exact) mass is 219 g/mol. The Balaban J connectivity index is 3.01. The fraction of sp³-hybridized carbons (Fsp3) is 0.900. The van der Waals surface area contributed by atoms with E-state index in [9.17, 15) is 4.79 Å². The molecule has 0 aromatic carbocycles. The van der Waals surface area contributed by atoms with E-state index in [0.717, 1.165) is 12.2 Å². The highest BCUT2D eigenvalue weighted by molar-refractivity contribution is 7.97. The Hall–Kier alpha value is -0.380. The summed E-state index contributed by atoms with van der Waals surface area (Å²) in [5.74, 6) is 0.975. The first-order valence-electron chi connectivity index (χ1n) is 5.35. The van der Waals surface area contributed by atoms with Gasteiger partial charge in [-0.1, -0.05) is 32.6 Å². The van der Waals surface area contributed by atoms with Crippen LogP contribution in [-0.4, -0.2) is 18.5 Å². The van der Waals surface area contributed by atoms with Crippen molar-refractivity contribution < 1.29 is 9.53 Å². The van der Waals surface area contributed by atoms with E-state index in [1.807, 2.05) is 0 Å². The first kappa shape index (κ1) is 13.6. The van der Waals surface area contributed by atoms with Crippen LogP contribution in [0.4, 0.5) is 4.79 Å². The van der Waals surface area contributed by atoms with Gasteiger partial charge in [-0.25, -0.2) is 4.79 Å². The van der Waals surface area contributed by atoms with Crippen molar-refractivity contribution in [3.05, 3.63) is 0 Å². The molecule has 0 bridgehead atoms. The van der Waals surface area contributed by atoms with Gasteiger partial charge >= 0.3 is 6.09 Å². The molecule has 0 atom stereocenters. The van der Waals surface area contributed by atoms with Crippen molar-refractivity contribution in [1.82, 2.24) is 4.72 Å². The largest absolute Gasteiger partial charge is 0.449 e. The number of nitrogens with one attached hydrogen (secondary N) is 1. The second-order valence-corrected chi connectivity index (χ2v) is 3.99. The van der Waals surface area contributed by atoms with Gasteiger partial charge in [0.1, 0.15) is 0 Å². The van der Waals surface area contributed by atoms with Crippen LogP contribution >= 0.6 is 11.9 Å². The molecule has 0 aromatic heterocycles. The lowest BCUT2D eigenvalue weighted by molar-refractivity contribution is 0.159. The minimum Gasteiger partial charge on any atom is -0.449 e. The third kappa shape index (κ3) is 9.71. The van der Waals surface area contributed by atoms with Gasteiger partial charge in [0.05, 0.1) is 6.61 Å². The molecule has 0 saturated carbocycles. The summed E-state index contributed by atoms with van der Waals surface area (Å²) < 4.78 is 7.35. The van der Waals surface area contributed by atoms with Crippen molar-refractivity contribution in [2.75, 3.05) is 12.4 Å². The number of ether oxygens (including phenoxy) is 1. The van der Waals surface area contributed by atoms with Crippen LogP contribution in [0, 0.1) is 0 Å². The third-order valence-electron chi connectivity index (χ3n) is 1.78. The van der Waals surface area contributed by atoms with Crippen molar-refractivity contribution in [2.45, 2.75) is 46.0 Å². The van der Waals surface area contributed by atoms with E-state index in [2.05, 4.69) is 11.6 Å². The number of carbonyl (C=O) groups excluding carboxylic acids is 1. The van der Waals surface area contributed by atoms with Gasteiger partial charge in [-0.3, -0.25) is 4.72 Å². The van der Waals surface area contributed by atoms with Crippen LogP contribution in [0.25, 0.3) is 0 Å². The molecule has 0 rings (SSSR count). The molecule has 14 heavy (non-hydrogen) atoms. The van der Waals surface area contributed by atoms with Crippen LogP contribution in [0.2, 0.25) is 0 Å². The lowest BCUT2D eigenvalue weighted by atomic mass is 10.2. The van der Waals surface area contributed by atoms with Crippen molar-refractivity contribution in [2.24, 2.45) is 0 Å². The molecule has 0 aromatic rings. The van der Waals surface area contributed by atoms with Gasteiger partial charge in [0.25, 0.3) is 0 Å². The maximum absolute atomic E-state index is 10.8. The van der Waals surface area contributed by atoms with Gasteiger partial charge in [0.15, 0.2) is 0 Å². The number of hydrogen-bond donors (Lipinski definition) is 1. The zero-order chi connectivity index (χ0) is 10.6. The maximum atomic E-state index is 10.8. The molecule has 0 spiro atoms. The molecule has 0 radical (unpaired) electrons. The summed E-state index contributed by atoms with van der Waals surface area (Å²) in [5, 5.41) is 0. The summed E-state index contributed by atoms with van der Waals surface area (Å²) in [4.78, 5) is 10.8. The van der Waals surface area contributed by atoms with Crippen LogP contribution in [0.5, 0.6) is 0 Å². The molecule has 1 N–H and O–H groups in total. The Bertz CT molecular complexity index is 142. The smallest absolute Gasteiger partial charge is 0.417 e. The second kappa shape index (κ2) is 10.7. The number of rotatable bonds is 8. The molecule has 0 aliphatic rings. The standard InChI is InChI=1S/C10H21NO2S/c1-3-5-6-7-8-9-14-11-10(12)13-4-2/h3-9H2,1-2H3,(H,11,12). The Kier molecular flexibility index (Phi) is 10.4. The van der Waals surface area contributed by atoms with E-state index < -0.39 is 0 Å². The van der Waals surface area contributed by atoms with E-state index in [4.69, 9.17) is 4.74 Å². The summed E-state index contributed by atoms with van der Waals surface area (Å²) in [6.45, 7) is 4.44. The normalized spacial score (nSPS) is 9.86. The predicted octanol–water partition coefficient (Wildman–Crippen LogP) is 3.35. The molecule has 0 saturated heterocycles. The lowest BCUT2D eigenvalue weighted by Gasteiger charge is -2.03. The highest BCUT2D eigenvalue weighted by atomic mass is 32.2. The van der Waals surface area contributed by atoms with Crippen molar-refractivity contribution in [1.29, 1.82) is 0 Å². The third-order valence-corrected chi connectivity index (χ3v) is 2.58. The Morgan fingerprint density at radius 3 is 2.57 bits per heavy atom. The van der Waals surface area contributed by atoms with Crippen LogP contribution < -0.4 is 4.72 Å². The molecule has 1 amide bonds. The zero-order valence-corrected chi connectivity index (χ0v) is 9.99. The van der Waals surface area contributed by atoms with Gasteiger partial charge in [0.2, 0.25) is 0 Å². The highest BCUT2D eigenvalue weighted by Crippen LogP contribution is 2.06. The fourth-order valence-corrected chi connectivity index (χ4v) is 1.68. The molecule has 0 fully saturated rings. The van der Waals surface area contributed by atoms with Crippen molar-refractivity contribution in [3.8, 4) is 0 Å². The molecule has 0 heterocycles. The molecular weight excluding hydrogens is 198 g/mol. The molecule has 0 aliphatic carbocycles.